The van der Waals surface area contributed by atoms with Crippen LogP contribution in [-0.4, -0.2) is 42.2 Å². The molecular formula is C23H20F3N5O2. The van der Waals surface area contributed by atoms with E-state index in [1.165, 1.54) is 13.2 Å². The largest absolute Gasteiger partial charge is 0.494 e. The fourth-order valence-electron chi connectivity index (χ4n) is 4.34. The summed E-state index contributed by atoms with van der Waals surface area (Å²) < 4.78 is 45.4. The lowest BCUT2D eigenvalue weighted by Gasteiger charge is -2.36. The Labute approximate surface area is 187 Å². The Kier molecular flexibility index (Phi) is 5.07. The van der Waals surface area contributed by atoms with Crippen LogP contribution in [0, 0.1) is 0 Å². The molecule has 170 valence electrons. The number of methoxy groups -OCH3 is 1. The number of hydrogen-bond acceptors (Lipinski definition) is 5. The first-order valence-corrected chi connectivity index (χ1v) is 10.4. The molecule has 0 radical (unpaired) electrons. The summed E-state index contributed by atoms with van der Waals surface area (Å²) in [7, 11) is 1.50. The molecule has 2 aromatic heterocycles. The normalized spacial score (nSPS) is 17.0. The van der Waals surface area contributed by atoms with Crippen LogP contribution in [0.4, 0.5) is 35.2 Å². The number of hydrogen-bond donors (Lipinski definition) is 1. The van der Waals surface area contributed by atoms with E-state index in [9.17, 15) is 18.0 Å². The summed E-state index contributed by atoms with van der Waals surface area (Å²) >= 11 is 0. The molecular weight excluding hydrogens is 435 g/mol. The third kappa shape index (κ3) is 3.81. The average molecular weight is 455 g/mol. The highest BCUT2D eigenvalue weighted by Crippen LogP contribution is 2.46. The molecule has 2 aliphatic rings. The van der Waals surface area contributed by atoms with E-state index >= 15 is 0 Å². The van der Waals surface area contributed by atoms with Gasteiger partial charge < -0.3 is 15.0 Å². The summed E-state index contributed by atoms with van der Waals surface area (Å²) in [6.45, 7) is 1.34. The van der Waals surface area contributed by atoms with Crippen LogP contribution >= 0.6 is 0 Å². The predicted octanol–water partition coefficient (Wildman–Crippen LogP) is 4.80. The Hall–Kier alpha value is -3.82. The number of pyridine rings is 2. The van der Waals surface area contributed by atoms with Gasteiger partial charge in [0.05, 0.1) is 24.4 Å². The Morgan fingerprint density at radius 2 is 1.97 bits per heavy atom. The van der Waals surface area contributed by atoms with Gasteiger partial charge in [-0.25, -0.2) is 9.78 Å². The minimum Gasteiger partial charge on any atom is -0.494 e. The smallest absolute Gasteiger partial charge is 0.416 e. The minimum absolute atomic E-state index is 0.117. The van der Waals surface area contributed by atoms with E-state index in [0.29, 0.717) is 35.2 Å². The number of benzene rings is 1. The number of halogens is 3. The molecule has 1 saturated heterocycles. The van der Waals surface area contributed by atoms with Gasteiger partial charge in [-0.05, 0) is 30.7 Å². The van der Waals surface area contributed by atoms with Crippen molar-refractivity contribution in [2.45, 2.75) is 18.6 Å². The number of carbonyl (C=O) groups is 1. The van der Waals surface area contributed by atoms with E-state index in [2.05, 4.69) is 20.2 Å². The fourth-order valence-corrected chi connectivity index (χ4v) is 4.34. The molecule has 1 atom stereocenters. The molecule has 0 spiro atoms. The lowest BCUT2D eigenvalue weighted by Crippen LogP contribution is -2.48. The third-order valence-electron chi connectivity index (χ3n) is 5.87. The molecule has 0 unspecified atom stereocenters. The topological polar surface area (TPSA) is 70.6 Å². The van der Waals surface area contributed by atoms with E-state index < -0.39 is 11.7 Å². The number of fused-ring (bicyclic) bond motifs is 4. The number of rotatable bonds is 3. The van der Waals surface area contributed by atoms with E-state index in [1.54, 1.807) is 41.6 Å². The van der Waals surface area contributed by atoms with Crippen LogP contribution in [0.3, 0.4) is 0 Å². The van der Waals surface area contributed by atoms with Crippen LogP contribution in [0.1, 0.15) is 12.0 Å². The highest BCUT2D eigenvalue weighted by Gasteiger charge is 2.42. The van der Waals surface area contributed by atoms with Gasteiger partial charge in [0, 0.05) is 42.8 Å². The van der Waals surface area contributed by atoms with Crippen LogP contribution in [0.2, 0.25) is 0 Å². The number of urea groups is 1. The first kappa shape index (κ1) is 21.0. The van der Waals surface area contributed by atoms with E-state index in [1.807, 2.05) is 0 Å². The van der Waals surface area contributed by atoms with Gasteiger partial charge in [-0.15, -0.1) is 0 Å². The van der Waals surface area contributed by atoms with E-state index in [0.717, 1.165) is 25.1 Å². The van der Waals surface area contributed by atoms with Gasteiger partial charge in [-0.3, -0.25) is 9.88 Å². The van der Waals surface area contributed by atoms with E-state index in [-0.39, 0.29) is 17.6 Å². The predicted molar refractivity (Wildman–Crippen MR) is 118 cm³/mol. The lowest BCUT2D eigenvalue weighted by atomic mass is 10.1. The van der Waals surface area contributed by atoms with Crippen molar-refractivity contribution in [3.8, 4) is 17.0 Å². The number of nitrogens with one attached hydrogen (secondary N) is 1. The number of nitrogens with zero attached hydrogens (tertiary/aromatic N) is 4. The van der Waals surface area contributed by atoms with Crippen LogP contribution in [0.25, 0.3) is 11.3 Å². The average Bonchev–Trinajstić information content (AvgIpc) is 3.22. The molecule has 2 aliphatic heterocycles. The SMILES string of the molecule is COc1cc(-c2cccc(C(F)(F)F)c2)nc2c1N1CC[C@@H](C1)N2C(=O)Nc1ccncc1. The van der Waals surface area contributed by atoms with Crippen molar-refractivity contribution < 1.29 is 22.7 Å². The highest BCUT2D eigenvalue weighted by molar-refractivity contribution is 6.05. The first-order valence-electron chi connectivity index (χ1n) is 10.4. The van der Waals surface area contributed by atoms with Gasteiger partial charge in [0.1, 0.15) is 11.4 Å². The van der Waals surface area contributed by atoms with Gasteiger partial charge in [0.25, 0.3) is 0 Å². The van der Waals surface area contributed by atoms with Crippen molar-refractivity contribution in [3.05, 3.63) is 60.4 Å². The third-order valence-corrected chi connectivity index (χ3v) is 5.87. The number of carbonyl (C=O) groups excluding carboxylic acids is 1. The van der Waals surface area contributed by atoms with Crippen molar-refractivity contribution >= 4 is 23.2 Å². The van der Waals surface area contributed by atoms with Crippen molar-refractivity contribution in [1.82, 2.24) is 9.97 Å². The summed E-state index contributed by atoms with van der Waals surface area (Å²) in [5, 5.41) is 2.86. The number of aromatic nitrogens is 2. The molecule has 5 rings (SSSR count). The first-order chi connectivity index (χ1) is 15.8. The zero-order valence-electron chi connectivity index (χ0n) is 17.6. The van der Waals surface area contributed by atoms with Crippen LogP contribution < -0.4 is 19.9 Å². The molecule has 1 N–H and O–H groups in total. The molecule has 3 aromatic rings. The maximum atomic E-state index is 13.3. The Morgan fingerprint density at radius 3 is 2.70 bits per heavy atom. The van der Waals surface area contributed by atoms with Crippen molar-refractivity contribution in [3.63, 3.8) is 0 Å². The Bertz CT molecular complexity index is 1200. The minimum atomic E-state index is -4.48. The second-order valence-corrected chi connectivity index (χ2v) is 7.89. The Balaban J connectivity index is 1.61. The molecule has 7 nitrogen and oxygen atoms in total. The number of alkyl halides is 3. The van der Waals surface area contributed by atoms with Gasteiger partial charge in [-0.2, -0.15) is 13.2 Å². The van der Waals surface area contributed by atoms with Crippen LogP contribution in [-0.2, 0) is 6.18 Å². The fraction of sp³-hybridized carbons (Fsp3) is 0.261. The standard InChI is InChI=1S/C23H20F3N5O2/c1-33-19-12-18(14-3-2-4-15(11-14)23(24,25)26)29-21-20(19)30-10-7-17(13-30)31(21)22(32)28-16-5-8-27-9-6-16/h2-6,8-9,11-12,17H,7,10,13H2,1H3,(H,27,28,32)/t17-/m0/s1. The molecule has 2 amide bonds. The van der Waals surface area contributed by atoms with Crippen LogP contribution in [0.15, 0.2) is 54.9 Å². The number of ether oxygens (including phenoxy) is 1. The van der Waals surface area contributed by atoms with Gasteiger partial charge in [0.2, 0.25) is 0 Å². The molecule has 2 bridgehead atoms. The molecule has 1 fully saturated rings. The summed E-state index contributed by atoms with van der Waals surface area (Å²) in [6.07, 6.45) is -0.591. The summed E-state index contributed by atoms with van der Waals surface area (Å²) in [5.74, 6) is 0.816. The second kappa shape index (κ2) is 7.95. The lowest BCUT2D eigenvalue weighted by molar-refractivity contribution is -0.137. The van der Waals surface area contributed by atoms with E-state index in [4.69, 9.17) is 4.74 Å². The molecule has 0 saturated carbocycles. The molecule has 1 aromatic carbocycles. The van der Waals surface area contributed by atoms with Crippen molar-refractivity contribution in [1.29, 1.82) is 0 Å². The summed E-state index contributed by atoms with van der Waals surface area (Å²) in [4.78, 5) is 25.6. The zero-order valence-corrected chi connectivity index (χ0v) is 17.6. The quantitative estimate of drug-likeness (QED) is 0.614. The van der Waals surface area contributed by atoms with Crippen LogP contribution in [0.5, 0.6) is 5.75 Å². The molecule has 4 heterocycles. The van der Waals surface area contributed by atoms with Crippen molar-refractivity contribution in [2.75, 3.05) is 35.3 Å². The molecule has 0 aliphatic carbocycles. The molecule has 33 heavy (non-hydrogen) atoms. The maximum absolute atomic E-state index is 13.3. The number of anilines is 3. The highest BCUT2D eigenvalue weighted by atomic mass is 19.4. The van der Waals surface area contributed by atoms with Crippen molar-refractivity contribution in [2.24, 2.45) is 0 Å². The molecule has 10 heteroatoms. The summed E-state index contributed by atoms with van der Waals surface area (Å²) in [5.41, 5.74) is 1.05. The zero-order chi connectivity index (χ0) is 23.2. The monoisotopic (exact) mass is 455 g/mol. The van der Waals surface area contributed by atoms with Gasteiger partial charge in [0.15, 0.2) is 5.82 Å². The Morgan fingerprint density at radius 1 is 1.18 bits per heavy atom. The van der Waals surface area contributed by atoms with Gasteiger partial charge >= 0.3 is 12.2 Å². The number of amides is 2. The maximum Gasteiger partial charge on any atom is 0.416 e. The van der Waals surface area contributed by atoms with Gasteiger partial charge in [-0.1, -0.05) is 12.1 Å². The summed E-state index contributed by atoms with van der Waals surface area (Å²) in [6, 6.07) is 9.44. The second-order valence-electron chi connectivity index (χ2n) is 7.89.